The third kappa shape index (κ3) is 4.46. The lowest BCUT2D eigenvalue weighted by Crippen LogP contribution is -2.03. The van der Waals surface area contributed by atoms with Gasteiger partial charge in [0.2, 0.25) is 0 Å². The van der Waals surface area contributed by atoms with Gasteiger partial charge < -0.3 is 0 Å². The Morgan fingerprint density at radius 1 is 0.612 bits per heavy atom. The summed E-state index contributed by atoms with van der Waals surface area (Å²) in [6.07, 6.45) is -4.45. The number of benzene rings is 4. The number of nitriles is 2. The van der Waals surface area contributed by atoms with E-state index in [4.69, 9.17) is 13.1 Å². The van der Waals surface area contributed by atoms with Crippen LogP contribution in [-0.4, -0.2) is 0 Å². The van der Waals surface area contributed by atoms with Crippen LogP contribution in [0.2, 0.25) is 0 Å². The van der Waals surface area contributed by atoms with Crippen molar-refractivity contribution in [3.05, 3.63) is 151 Å². The maximum atomic E-state index is 13.2. The first-order valence-electron chi connectivity index (χ1n) is 14.8. The average Bonchev–Trinajstić information content (AvgIpc) is 3.82. The van der Waals surface area contributed by atoms with Crippen molar-refractivity contribution in [2.24, 2.45) is 0 Å². The fourth-order valence-electron chi connectivity index (χ4n) is 6.66. The van der Waals surface area contributed by atoms with Crippen molar-refractivity contribution in [2.75, 3.05) is 0 Å². The lowest BCUT2D eigenvalue weighted by Gasteiger charge is -2.10. The van der Waals surface area contributed by atoms with Gasteiger partial charge in [0.15, 0.2) is 0 Å². The van der Waals surface area contributed by atoms with Crippen LogP contribution in [0.1, 0.15) is 32.0 Å². The van der Waals surface area contributed by atoms with Crippen LogP contribution >= 0.6 is 22.7 Å². The van der Waals surface area contributed by atoms with E-state index in [1.165, 1.54) is 34.8 Å². The van der Waals surface area contributed by atoms with Crippen molar-refractivity contribution in [1.29, 1.82) is 10.5 Å². The number of allylic oxidation sites excluding steroid dienone is 2. The predicted molar refractivity (Wildman–Crippen MR) is 188 cm³/mol. The summed E-state index contributed by atoms with van der Waals surface area (Å²) in [7, 11) is 0. The van der Waals surface area contributed by atoms with Crippen LogP contribution in [0, 0.1) is 42.7 Å². The zero-order valence-electron chi connectivity index (χ0n) is 25.3. The number of fused-ring (bicyclic) bond motifs is 9. The molecule has 8 rings (SSSR count). The van der Waals surface area contributed by atoms with Crippen LogP contribution in [0.25, 0.3) is 74.7 Å². The normalized spacial score (nSPS) is 14.5. The predicted octanol–water partition coefficient (Wildman–Crippen LogP) is 12.0. The van der Waals surface area contributed by atoms with Crippen LogP contribution in [0.15, 0.2) is 96.3 Å². The highest BCUT2D eigenvalue weighted by Crippen LogP contribution is 2.62. The van der Waals surface area contributed by atoms with Gasteiger partial charge >= 0.3 is 6.18 Å². The maximum absolute atomic E-state index is 13.2. The number of alkyl halides is 3. The van der Waals surface area contributed by atoms with E-state index in [0.717, 1.165) is 75.8 Å². The molecule has 0 amide bonds. The highest BCUT2D eigenvalue weighted by atomic mass is 32.1. The Hall–Kier alpha value is -6.23. The van der Waals surface area contributed by atoms with E-state index in [-0.39, 0.29) is 11.4 Å². The smallest absolute Gasteiger partial charge is 0.226 e. The van der Waals surface area contributed by atoms with Crippen molar-refractivity contribution in [1.82, 2.24) is 0 Å². The lowest BCUT2D eigenvalue weighted by molar-refractivity contribution is -0.137. The van der Waals surface area contributed by atoms with E-state index in [2.05, 4.69) is 21.8 Å². The van der Waals surface area contributed by atoms with E-state index < -0.39 is 11.7 Å². The molecule has 4 nitrogen and oxygen atoms in total. The number of hydrogen-bond donors (Lipinski definition) is 0. The van der Waals surface area contributed by atoms with Gasteiger partial charge in [-0.3, -0.25) is 0 Å². The first kappa shape index (κ1) is 30.1. The molecule has 6 aromatic rings. The lowest BCUT2D eigenvalue weighted by atomic mass is 9.96. The molecule has 0 saturated heterocycles. The Morgan fingerprint density at radius 2 is 1.02 bits per heavy atom. The Kier molecular flexibility index (Phi) is 6.71. The summed E-state index contributed by atoms with van der Waals surface area (Å²) in [5.41, 5.74) is 9.68. The van der Waals surface area contributed by atoms with Gasteiger partial charge in [0.25, 0.3) is 11.4 Å². The maximum Gasteiger partial charge on any atom is 0.416 e. The molecule has 49 heavy (non-hydrogen) atoms. The van der Waals surface area contributed by atoms with Crippen LogP contribution in [0.3, 0.4) is 0 Å². The number of hydrogen-bond acceptors (Lipinski definition) is 4. The Morgan fingerprint density at radius 3 is 1.41 bits per heavy atom. The second kappa shape index (κ2) is 10.9. The first-order chi connectivity index (χ1) is 23.7. The summed E-state index contributed by atoms with van der Waals surface area (Å²) in [6.45, 7) is 17.7. The van der Waals surface area contributed by atoms with Gasteiger partial charge in [-0.15, -0.1) is 22.7 Å². The summed E-state index contributed by atoms with van der Waals surface area (Å²) in [5, 5.41) is 20.1. The quantitative estimate of drug-likeness (QED) is 0.135. The molecule has 0 radical (unpaired) electrons. The second-order valence-corrected chi connectivity index (χ2v) is 13.7. The largest absolute Gasteiger partial charge is 0.416 e. The molecule has 2 aliphatic rings. The standard InChI is InChI=1S/C40H17F3N4S2/c1-20-4-6-21(7-5-20)23-10-14-26-28(16-23)32(30(18-44)46-2)36-34(26)38-39(48-36)35-27-15-11-24(22-8-12-25(13-9-22)40(41,42)43)17-29(27)33(37(35)49-38)31(19-45)47-3/h4-17H,1H3/b32-30+,33-31-. The molecule has 0 fully saturated rings. The van der Waals surface area contributed by atoms with Gasteiger partial charge in [-0.05, 0) is 75.7 Å². The van der Waals surface area contributed by atoms with E-state index in [1.807, 2.05) is 67.6 Å². The molecule has 0 saturated carbocycles. The van der Waals surface area contributed by atoms with Crippen molar-refractivity contribution >= 4 is 43.2 Å². The Labute approximate surface area is 286 Å². The summed E-state index contributed by atoms with van der Waals surface area (Å²) in [5.74, 6) is 0. The van der Waals surface area contributed by atoms with E-state index >= 15 is 0 Å². The molecule has 0 aliphatic heterocycles. The molecular weight excluding hydrogens is 658 g/mol. The van der Waals surface area contributed by atoms with Gasteiger partial charge in [-0.25, -0.2) is 20.2 Å². The van der Waals surface area contributed by atoms with Crippen LogP contribution in [0.5, 0.6) is 0 Å². The van der Waals surface area contributed by atoms with E-state index in [1.54, 1.807) is 0 Å². The monoisotopic (exact) mass is 674 g/mol. The molecular formula is C40H17F3N4S2. The molecule has 0 unspecified atom stereocenters. The summed E-state index contributed by atoms with van der Waals surface area (Å²) < 4.78 is 41.5. The molecule has 230 valence electrons. The SMILES string of the molecule is [C-]#[N+]/C(C#N)=C1/c2cc(-c3ccc(C(F)(F)F)cc3)ccc2-c2c1sc1c3c(sc21)/C(=C(\C#N)[N+]#[C-])c1cc(-c2ccc(C)cc2)ccc1-3. The molecule has 0 spiro atoms. The van der Waals surface area contributed by atoms with E-state index in [0.29, 0.717) is 27.8 Å². The fraction of sp³-hybridized carbons (Fsp3) is 0.0500. The van der Waals surface area contributed by atoms with Gasteiger partial charge in [-0.1, -0.05) is 66.2 Å². The van der Waals surface area contributed by atoms with Crippen molar-refractivity contribution < 1.29 is 13.2 Å². The molecule has 0 atom stereocenters. The molecule has 4 aromatic carbocycles. The summed E-state index contributed by atoms with van der Waals surface area (Å²) in [6, 6.07) is 28.9. The number of nitrogens with zero attached hydrogens (tertiary/aromatic N) is 4. The van der Waals surface area contributed by atoms with Gasteiger partial charge in [0.05, 0.1) is 40.2 Å². The second-order valence-electron chi connectivity index (χ2n) is 11.6. The highest BCUT2D eigenvalue weighted by molar-refractivity contribution is 7.31. The van der Waals surface area contributed by atoms with Crippen LogP contribution in [-0.2, 0) is 6.18 Å². The average molecular weight is 675 g/mol. The number of halogens is 3. The third-order valence-electron chi connectivity index (χ3n) is 8.93. The zero-order chi connectivity index (χ0) is 34.2. The molecule has 2 aromatic heterocycles. The van der Waals surface area contributed by atoms with Crippen LogP contribution in [0.4, 0.5) is 13.2 Å². The summed E-state index contributed by atoms with van der Waals surface area (Å²) in [4.78, 5) is 8.79. The van der Waals surface area contributed by atoms with Gasteiger partial charge in [0.1, 0.15) is 0 Å². The molecule has 2 aliphatic carbocycles. The minimum Gasteiger partial charge on any atom is -0.226 e. The molecule has 0 N–H and O–H groups in total. The Bertz CT molecular complexity index is 2640. The topological polar surface area (TPSA) is 56.3 Å². The summed E-state index contributed by atoms with van der Waals surface area (Å²) >= 11 is 2.96. The number of aryl methyl sites for hydroxylation is 1. The Balaban J connectivity index is 1.35. The highest BCUT2D eigenvalue weighted by Gasteiger charge is 2.38. The fourth-order valence-corrected chi connectivity index (χ4v) is 9.71. The van der Waals surface area contributed by atoms with Crippen molar-refractivity contribution in [3.63, 3.8) is 0 Å². The molecule has 9 heteroatoms. The molecule has 2 heterocycles. The minimum absolute atomic E-state index is 0.00791. The van der Waals surface area contributed by atoms with Crippen LogP contribution < -0.4 is 0 Å². The van der Waals surface area contributed by atoms with Crippen molar-refractivity contribution in [3.8, 4) is 56.6 Å². The molecule has 0 bridgehead atoms. The van der Waals surface area contributed by atoms with Gasteiger partial charge in [-0.2, -0.15) is 13.2 Å². The first-order valence-corrected chi connectivity index (χ1v) is 16.5. The number of rotatable bonds is 2. The van der Waals surface area contributed by atoms with Crippen molar-refractivity contribution in [2.45, 2.75) is 13.1 Å². The minimum atomic E-state index is -4.45. The van der Waals surface area contributed by atoms with E-state index in [9.17, 15) is 23.7 Å². The zero-order valence-corrected chi connectivity index (χ0v) is 27.0. The third-order valence-corrected chi connectivity index (χ3v) is 11.5. The van der Waals surface area contributed by atoms with Gasteiger partial charge in [0, 0.05) is 32.0 Å². The number of thiophene rings is 2.